The first-order valence-corrected chi connectivity index (χ1v) is 7.69. The van der Waals surface area contributed by atoms with Crippen LogP contribution in [0.4, 0.5) is 5.69 Å². The van der Waals surface area contributed by atoms with Gasteiger partial charge in [0.15, 0.2) is 0 Å². The summed E-state index contributed by atoms with van der Waals surface area (Å²) in [6.07, 6.45) is 4.04. The van der Waals surface area contributed by atoms with Gasteiger partial charge >= 0.3 is 0 Å². The summed E-state index contributed by atoms with van der Waals surface area (Å²) < 4.78 is 5.22. The number of piperidine rings is 1. The molecule has 0 radical (unpaired) electrons. The molecule has 1 aliphatic heterocycles. The van der Waals surface area contributed by atoms with Crippen LogP contribution in [0.5, 0.6) is 0 Å². The van der Waals surface area contributed by atoms with Crippen LogP contribution in [0.2, 0.25) is 0 Å². The van der Waals surface area contributed by atoms with E-state index >= 15 is 0 Å². The highest BCUT2D eigenvalue weighted by Gasteiger charge is 2.16. The summed E-state index contributed by atoms with van der Waals surface area (Å²) in [4.78, 5) is 2.50. The fraction of sp³-hybridized carbons (Fsp3) is 0.647. The second-order valence-electron chi connectivity index (χ2n) is 6.38. The van der Waals surface area contributed by atoms with Gasteiger partial charge in [0, 0.05) is 38.0 Å². The van der Waals surface area contributed by atoms with Crippen molar-refractivity contribution in [1.82, 2.24) is 5.32 Å². The molecule has 0 amide bonds. The largest absolute Gasteiger partial charge is 0.383 e. The maximum absolute atomic E-state index is 5.22. The molecule has 1 aromatic carbocycles. The molecule has 1 heterocycles. The SMILES string of the molecule is COCC(C)(C)NCc1ccc(N2CCCCC2)cc1. The van der Waals surface area contributed by atoms with Crippen LogP contribution in [0.25, 0.3) is 0 Å². The third-order valence-corrected chi connectivity index (χ3v) is 3.93. The van der Waals surface area contributed by atoms with Crippen molar-refractivity contribution in [3.63, 3.8) is 0 Å². The average molecular weight is 276 g/mol. The van der Waals surface area contributed by atoms with Crippen molar-refractivity contribution >= 4 is 5.69 Å². The molecule has 3 nitrogen and oxygen atoms in total. The lowest BCUT2D eigenvalue weighted by molar-refractivity contribution is 0.128. The topological polar surface area (TPSA) is 24.5 Å². The van der Waals surface area contributed by atoms with Crippen molar-refractivity contribution in [2.45, 2.75) is 45.2 Å². The number of anilines is 1. The summed E-state index contributed by atoms with van der Waals surface area (Å²) in [7, 11) is 1.75. The number of nitrogens with zero attached hydrogens (tertiary/aromatic N) is 1. The fourth-order valence-electron chi connectivity index (χ4n) is 2.73. The number of ether oxygens (including phenoxy) is 1. The summed E-state index contributed by atoms with van der Waals surface area (Å²) in [5.41, 5.74) is 2.71. The Kier molecular flexibility index (Phi) is 5.44. The van der Waals surface area contributed by atoms with Gasteiger partial charge in [-0.05, 0) is 50.8 Å². The molecule has 1 saturated heterocycles. The van der Waals surface area contributed by atoms with Crippen molar-refractivity contribution in [1.29, 1.82) is 0 Å². The number of rotatable bonds is 6. The van der Waals surface area contributed by atoms with Crippen LogP contribution in [0, 0.1) is 0 Å². The molecule has 0 bridgehead atoms. The third kappa shape index (κ3) is 4.50. The summed E-state index contributed by atoms with van der Waals surface area (Å²) >= 11 is 0. The zero-order valence-corrected chi connectivity index (χ0v) is 13.1. The lowest BCUT2D eigenvalue weighted by atomic mass is 10.1. The summed E-state index contributed by atoms with van der Waals surface area (Å²) in [5, 5.41) is 3.54. The van der Waals surface area contributed by atoms with Gasteiger partial charge in [-0.2, -0.15) is 0 Å². The Labute approximate surface area is 123 Å². The molecule has 0 aromatic heterocycles. The highest BCUT2D eigenvalue weighted by atomic mass is 16.5. The number of benzene rings is 1. The number of hydrogen-bond acceptors (Lipinski definition) is 3. The molecule has 1 aliphatic rings. The highest BCUT2D eigenvalue weighted by molar-refractivity contribution is 5.47. The minimum atomic E-state index is 0.0142. The minimum absolute atomic E-state index is 0.0142. The first-order valence-electron chi connectivity index (χ1n) is 7.69. The van der Waals surface area contributed by atoms with Crippen LogP contribution >= 0.6 is 0 Å². The van der Waals surface area contributed by atoms with Crippen LogP contribution in [-0.4, -0.2) is 32.3 Å². The second kappa shape index (κ2) is 7.09. The van der Waals surface area contributed by atoms with Crippen molar-refractivity contribution in [2.24, 2.45) is 0 Å². The maximum atomic E-state index is 5.22. The van der Waals surface area contributed by atoms with Gasteiger partial charge in [0.1, 0.15) is 0 Å². The van der Waals surface area contributed by atoms with Crippen molar-refractivity contribution in [3.8, 4) is 0 Å². The van der Waals surface area contributed by atoms with E-state index in [9.17, 15) is 0 Å². The van der Waals surface area contributed by atoms with Gasteiger partial charge in [0.05, 0.1) is 6.61 Å². The number of hydrogen-bond donors (Lipinski definition) is 1. The molecule has 0 atom stereocenters. The van der Waals surface area contributed by atoms with Gasteiger partial charge in [-0.3, -0.25) is 0 Å². The van der Waals surface area contributed by atoms with Crippen LogP contribution < -0.4 is 10.2 Å². The van der Waals surface area contributed by atoms with E-state index in [0.29, 0.717) is 0 Å². The molecule has 0 aliphatic carbocycles. The van der Waals surface area contributed by atoms with Crippen LogP contribution in [0.1, 0.15) is 38.7 Å². The molecule has 1 aromatic rings. The van der Waals surface area contributed by atoms with Crippen LogP contribution in [-0.2, 0) is 11.3 Å². The van der Waals surface area contributed by atoms with E-state index in [-0.39, 0.29) is 5.54 Å². The highest BCUT2D eigenvalue weighted by Crippen LogP contribution is 2.20. The van der Waals surface area contributed by atoms with E-state index in [1.54, 1.807) is 7.11 Å². The Morgan fingerprint density at radius 3 is 2.35 bits per heavy atom. The van der Waals surface area contributed by atoms with Crippen LogP contribution in [0.3, 0.4) is 0 Å². The van der Waals surface area contributed by atoms with Crippen molar-refractivity contribution in [3.05, 3.63) is 29.8 Å². The molecule has 20 heavy (non-hydrogen) atoms. The van der Waals surface area contributed by atoms with E-state index in [1.165, 1.54) is 43.6 Å². The Morgan fingerprint density at radius 1 is 1.10 bits per heavy atom. The standard InChI is InChI=1S/C17H28N2O/c1-17(2,14-20-3)18-13-15-7-9-16(10-8-15)19-11-5-4-6-12-19/h7-10,18H,4-6,11-14H2,1-3H3. The van der Waals surface area contributed by atoms with Gasteiger partial charge in [0.25, 0.3) is 0 Å². The van der Waals surface area contributed by atoms with E-state index in [1.807, 2.05) is 0 Å². The van der Waals surface area contributed by atoms with E-state index in [4.69, 9.17) is 4.74 Å². The summed E-state index contributed by atoms with van der Waals surface area (Å²) in [5.74, 6) is 0. The van der Waals surface area contributed by atoms with Gasteiger partial charge in [-0.15, -0.1) is 0 Å². The Hall–Kier alpha value is -1.06. The van der Waals surface area contributed by atoms with Gasteiger partial charge in [-0.25, -0.2) is 0 Å². The first kappa shape index (κ1) is 15.3. The lowest BCUT2D eigenvalue weighted by Crippen LogP contribution is -2.42. The average Bonchev–Trinajstić information content (AvgIpc) is 2.47. The zero-order chi connectivity index (χ0) is 14.4. The quantitative estimate of drug-likeness (QED) is 0.863. The van der Waals surface area contributed by atoms with Crippen molar-refractivity contribution < 1.29 is 4.74 Å². The predicted molar refractivity (Wildman–Crippen MR) is 85.3 cm³/mol. The second-order valence-corrected chi connectivity index (χ2v) is 6.38. The van der Waals surface area contributed by atoms with Crippen LogP contribution in [0.15, 0.2) is 24.3 Å². The Balaban J connectivity index is 1.88. The first-order chi connectivity index (χ1) is 9.61. The van der Waals surface area contributed by atoms with E-state index < -0.39 is 0 Å². The Bertz CT molecular complexity index is 394. The summed E-state index contributed by atoms with van der Waals surface area (Å²) in [6, 6.07) is 8.98. The predicted octanol–water partition coefficient (Wildman–Crippen LogP) is 3.19. The molecular formula is C17H28N2O. The molecule has 0 saturated carbocycles. The maximum Gasteiger partial charge on any atom is 0.0639 e. The molecule has 3 heteroatoms. The molecule has 2 rings (SSSR count). The monoisotopic (exact) mass is 276 g/mol. The molecule has 1 fully saturated rings. The van der Waals surface area contributed by atoms with E-state index in [0.717, 1.165) is 13.2 Å². The molecule has 1 N–H and O–H groups in total. The smallest absolute Gasteiger partial charge is 0.0639 e. The molecular weight excluding hydrogens is 248 g/mol. The van der Waals surface area contributed by atoms with E-state index in [2.05, 4.69) is 48.3 Å². The normalized spacial score (nSPS) is 16.4. The Morgan fingerprint density at radius 2 is 1.75 bits per heavy atom. The fourth-order valence-corrected chi connectivity index (χ4v) is 2.73. The van der Waals surface area contributed by atoms with Crippen molar-refractivity contribution in [2.75, 3.05) is 31.7 Å². The molecule has 0 unspecified atom stereocenters. The molecule has 112 valence electrons. The van der Waals surface area contributed by atoms with Gasteiger partial charge in [0.2, 0.25) is 0 Å². The minimum Gasteiger partial charge on any atom is -0.383 e. The van der Waals surface area contributed by atoms with Gasteiger partial charge in [-0.1, -0.05) is 12.1 Å². The number of methoxy groups -OCH3 is 1. The number of nitrogens with one attached hydrogen (secondary N) is 1. The summed E-state index contributed by atoms with van der Waals surface area (Å²) in [6.45, 7) is 8.35. The third-order valence-electron chi connectivity index (χ3n) is 3.93. The molecule has 0 spiro atoms. The lowest BCUT2D eigenvalue weighted by Gasteiger charge is -2.29. The van der Waals surface area contributed by atoms with Gasteiger partial charge < -0.3 is 15.0 Å². The zero-order valence-electron chi connectivity index (χ0n) is 13.1.